The van der Waals surface area contributed by atoms with Gasteiger partial charge in [-0.2, -0.15) is 0 Å². The van der Waals surface area contributed by atoms with E-state index in [2.05, 4.69) is 33.1 Å². The van der Waals surface area contributed by atoms with Gasteiger partial charge in [0.1, 0.15) is 0 Å². The van der Waals surface area contributed by atoms with Crippen molar-refractivity contribution < 1.29 is 4.74 Å². The van der Waals surface area contributed by atoms with Gasteiger partial charge in [-0.3, -0.25) is 11.3 Å². The third kappa shape index (κ3) is 4.87. The number of nitrogens with two attached hydrogens (primary N) is 1. The molecule has 2 atom stereocenters. The largest absolute Gasteiger partial charge is 0.376 e. The lowest BCUT2D eigenvalue weighted by atomic mass is 9.78. The van der Waals surface area contributed by atoms with Crippen molar-refractivity contribution in [3.63, 3.8) is 0 Å². The van der Waals surface area contributed by atoms with Crippen LogP contribution in [0.5, 0.6) is 0 Å². The maximum atomic E-state index is 5.96. The van der Waals surface area contributed by atoms with E-state index in [0.29, 0.717) is 0 Å². The highest BCUT2D eigenvalue weighted by Crippen LogP contribution is 2.32. The van der Waals surface area contributed by atoms with Crippen molar-refractivity contribution in [3.05, 3.63) is 0 Å². The smallest absolute Gasteiger partial charge is 0.0789 e. The standard InChI is InChI=1S/C15H32N2O/c1-5-18-14(15(2,3)4)13(17-16)11-12-9-7-6-8-10-12/h12-14,17H,5-11,16H2,1-4H3. The molecule has 1 rings (SSSR count). The summed E-state index contributed by atoms with van der Waals surface area (Å²) in [5, 5.41) is 0. The fourth-order valence-electron chi connectivity index (χ4n) is 3.21. The minimum Gasteiger partial charge on any atom is -0.376 e. The van der Waals surface area contributed by atoms with Crippen molar-refractivity contribution in [2.75, 3.05) is 6.61 Å². The Balaban J connectivity index is 2.60. The molecule has 0 heterocycles. The highest BCUT2D eigenvalue weighted by Gasteiger charge is 2.34. The lowest BCUT2D eigenvalue weighted by molar-refractivity contribution is -0.0415. The quantitative estimate of drug-likeness (QED) is 0.566. The van der Waals surface area contributed by atoms with Gasteiger partial charge in [-0.1, -0.05) is 52.9 Å². The molecule has 18 heavy (non-hydrogen) atoms. The highest BCUT2D eigenvalue weighted by molar-refractivity contribution is 4.87. The highest BCUT2D eigenvalue weighted by atomic mass is 16.5. The number of hydrogen-bond donors (Lipinski definition) is 2. The van der Waals surface area contributed by atoms with Gasteiger partial charge in [0.15, 0.2) is 0 Å². The van der Waals surface area contributed by atoms with Gasteiger partial charge in [0.25, 0.3) is 0 Å². The second-order valence-electron chi connectivity index (χ2n) is 6.75. The first-order valence-corrected chi connectivity index (χ1v) is 7.56. The monoisotopic (exact) mass is 256 g/mol. The predicted molar refractivity (Wildman–Crippen MR) is 77.2 cm³/mol. The Hall–Kier alpha value is -0.120. The lowest BCUT2D eigenvalue weighted by Gasteiger charge is -2.38. The Morgan fingerprint density at radius 3 is 2.28 bits per heavy atom. The van der Waals surface area contributed by atoms with E-state index in [4.69, 9.17) is 10.6 Å². The molecule has 0 aliphatic heterocycles. The summed E-state index contributed by atoms with van der Waals surface area (Å²) in [6, 6.07) is 0.271. The molecule has 0 radical (unpaired) electrons. The summed E-state index contributed by atoms with van der Waals surface area (Å²) in [6.45, 7) is 9.52. The molecule has 1 aliphatic rings. The van der Waals surface area contributed by atoms with Gasteiger partial charge in [0.05, 0.1) is 6.10 Å². The normalized spacial score (nSPS) is 21.8. The number of hydrazine groups is 1. The van der Waals surface area contributed by atoms with E-state index in [1.54, 1.807) is 0 Å². The van der Waals surface area contributed by atoms with Crippen LogP contribution in [0.2, 0.25) is 0 Å². The molecule has 0 spiro atoms. The van der Waals surface area contributed by atoms with E-state index >= 15 is 0 Å². The fourth-order valence-corrected chi connectivity index (χ4v) is 3.21. The number of rotatable bonds is 6. The van der Waals surface area contributed by atoms with Crippen LogP contribution in [0.4, 0.5) is 0 Å². The van der Waals surface area contributed by atoms with Gasteiger partial charge >= 0.3 is 0 Å². The van der Waals surface area contributed by atoms with Crippen molar-refractivity contribution in [1.29, 1.82) is 0 Å². The number of ether oxygens (including phenoxy) is 1. The molecular formula is C15H32N2O. The van der Waals surface area contributed by atoms with E-state index in [1.165, 1.54) is 32.1 Å². The molecular weight excluding hydrogens is 224 g/mol. The SMILES string of the molecule is CCOC(C(CC1CCCCC1)NN)C(C)(C)C. The molecule has 1 aliphatic carbocycles. The van der Waals surface area contributed by atoms with Crippen LogP contribution >= 0.6 is 0 Å². The Morgan fingerprint density at radius 1 is 1.22 bits per heavy atom. The molecule has 1 saturated carbocycles. The maximum absolute atomic E-state index is 5.96. The molecule has 0 saturated heterocycles. The topological polar surface area (TPSA) is 47.3 Å². The molecule has 3 N–H and O–H groups in total. The van der Waals surface area contributed by atoms with Crippen molar-refractivity contribution >= 4 is 0 Å². The van der Waals surface area contributed by atoms with Crippen molar-refractivity contribution in [2.24, 2.45) is 17.2 Å². The van der Waals surface area contributed by atoms with E-state index in [0.717, 1.165) is 18.9 Å². The molecule has 1 fully saturated rings. The molecule has 0 aromatic heterocycles. The third-order valence-electron chi connectivity index (χ3n) is 4.09. The minimum atomic E-state index is 0.127. The summed E-state index contributed by atoms with van der Waals surface area (Å²) in [7, 11) is 0. The van der Waals surface area contributed by atoms with Gasteiger partial charge in [0, 0.05) is 12.6 Å². The van der Waals surface area contributed by atoms with Gasteiger partial charge in [-0.25, -0.2) is 0 Å². The van der Waals surface area contributed by atoms with Gasteiger partial charge < -0.3 is 4.74 Å². The molecule has 0 amide bonds. The zero-order valence-electron chi connectivity index (χ0n) is 12.7. The predicted octanol–water partition coefficient (Wildman–Crippen LogP) is 3.24. The second kappa shape index (κ2) is 7.46. The van der Waals surface area contributed by atoms with Crippen LogP contribution in [0.1, 0.15) is 66.2 Å². The van der Waals surface area contributed by atoms with Crippen LogP contribution in [0.15, 0.2) is 0 Å². The van der Waals surface area contributed by atoms with Crippen LogP contribution in [0, 0.1) is 11.3 Å². The van der Waals surface area contributed by atoms with E-state index in [1.807, 2.05) is 0 Å². The van der Waals surface area contributed by atoms with Crippen LogP contribution in [0.25, 0.3) is 0 Å². The molecule has 3 nitrogen and oxygen atoms in total. The molecule has 0 aromatic carbocycles. The Kier molecular flexibility index (Phi) is 6.61. The molecule has 0 bridgehead atoms. The van der Waals surface area contributed by atoms with Crippen molar-refractivity contribution in [3.8, 4) is 0 Å². The van der Waals surface area contributed by atoms with E-state index < -0.39 is 0 Å². The molecule has 3 heteroatoms. The van der Waals surface area contributed by atoms with Crippen LogP contribution in [-0.2, 0) is 4.74 Å². The first-order valence-electron chi connectivity index (χ1n) is 7.56. The molecule has 0 aromatic rings. The Morgan fingerprint density at radius 2 is 1.83 bits per heavy atom. The van der Waals surface area contributed by atoms with E-state index in [-0.39, 0.29) is 17.6 Å². The Labute approximate surface area is 113 Å². The fraction of sp³-hybridized carbons (Fsp3) is 1.00. The zero-order valence-corrected chi connectivity index (χ0v) is 12.7. The average Bonchev–Trinajstić information content (AvgIpc) is 2.33. The summed E-state index contributed by atoms with van der Waals surface area (Å²) >= 11 is 0. The van der Waals surface area contributed by atoms with Crippen LogP contribution in [-0.4, -0.2) is 18.8 Å². The van der Waals surface area contributed by atoms with Crippen LogP contribution in [0.3, 0.4) is 0 Å². The van der Waals surface area contributed by atoms with E-state index in [9.17, 15) is 0 Å². The third-order valence-corrected chi connectivity index (χ3v) is 4.09. The van der Waals surface area contributed by atoms with Crippen LogP contribution < -0.4 is 11.3 Å². The average molecular weight is 256 g/mol. The summed E-state index contributed by atoms with van der Waals surface area (Å²) in [6.07, 6.45) is 8.24. The number of nitrogens with one attached hydrogen (secondary N) is 1. The van der Waals surface area contributed by atoms with Crippen molar-refractivity contribution in [2.45, 2.75) is 78.4 Å². The van der Waals surface area contributed by atoms with Gasteiger partial charge in [-0.15, -0.1) is 0 Å². The maximum Gasteiger partial charge on any atom is 0.0789 e. The first kappa shape index (κ1) is 15.9. The zero-order chi connectivity index (χ0) is 13.6. The first-order chi connectivity index (χ1) is 8.49. The second-order valence-corrected chi connectivity index (χ2v) is 6.75. The molecule has 108 valence electrons. The summed E-state index contributed by atoms with van der Waals surface area (Å²) < 4.78 is 5.96. The van der Waals surface area contributed by atoms with Gasteiger partial charge in [-0.05, 0) is 24.7 Å². The minimum absolute atomic E-state index is 0.127. The lowest BCUT2D eigenvalue weighted by Crippen LogP contribution is -2.51. The summed E-state index contributed by atoms with van der Waals surface area (Å²) in [4.78, 5) is 0. The van der Waals surface area contributed by atoms with Gasteiger partial charge in [0.2, 0.25) is 0 Å². The summed E-state index contributed by atoms with van der Waals surface area (Å²) in [5.74, 6) is 6.61. The number of hydrogen-bond acceptors (Lipinski definition) is 3. The summed E-state index contributed by atoms with van der Waals surface area (Å²) in [5.41, 5.74) is 3.14. The van der Waals surface area contributed by atoms with Crippen molar-refractivity contribution in [1.82, 2.24) is 5.43 Å². The Bertz CT molecular complexity index is 219. The molecule has 2 unspecified atom stereocenters.